The summed E-state index contributed by atoms with van der Waals surface area (Å²) in [5, 5.41) is 5.62. The standard InChI is InChI=1S/C26H21N3O2/c1-18-14-15-27-24(16-18)29-26(31)22-8-5-9-23(17-22)28-25(30)21-12-10-20(11-13-21)19-6-3-2-4-7-19/h2-17H,1H3,(H,28,30)(H,27,29,31). The van der Waals surface area contributed by atoms with Crippen molar-refractivity contribution >= 4 is 23.3 Å². The molecule has 0 spiro atoms. The molecule has 152 valence electrons. The number of anilines is 2. The zero-order chi connectivity index (χ0) is 21.6. The van der Waals surface area contributed by atoms with Crippen LogP contribution in [0.4, 0.5) is 11.5 Å². The van der Waals surface area contributed by atoms with Crippen molar-refractivity contribution in [1.29, 1.82) is 0 Å². The Balaban J connectivity index is 1.44. The molecule has 0 aliphatic carbocycles. The third kappa shape index (κ3) is 5.03. The Morgan fingerprint density at radius 1 is 0.677 bits per heavy atom. The summed E-state index contributed by atoms with van der Waals surface area (Å²) in [6.07, 6.45) is 1.64. The Hall–Kier alpha value is -4.25. The lowest BCUT2D eigenvalue weighted by atomic mass is 10.0. The molecule has 0 unspecified atom stereocenters. The van der Waals surface area contributed by atoms with E-state index in [0.717, 1.165) is 16.7 Å². The van der Waals surface area contributed by atoms with Gasteiger partial charge in [-0.15, -0.1) is 0 Å². The summed E-state index contributed by atoms with van der Waals surface area (Å²) in [5.74, 6) is -0.0446. The molecule has 5 nitrogen and oxygen atoms in total. The van der Waals surface area contributed by atoms with Crippen LogP contribution in [-0.2, 0) is 0 Å². The number of nitrogens with one attached hydrogen (secondary N) is 2. The van der Waals surface area contributed by atoms with Crippen LogP contribution in [0.25, 0.3) is 11.1 Å². The van der Waals surface area contributed by atoms with Gasteiger partial charge in [-0.2, -0.15) is 0 Å². The summed E-state index contributed by atoms with van der Waals surface area (Å²) in [7, 11) is 0. The number of rotatable bonds is 5. The third-order valence-corrected chi connectivity index (χ3v) is 4.79. The van der Waals surface area contributed by atoms with Crippen LogP contribution >= 0.6 is 0 Å². The van der Waals surface area contributed by atoms with E-state index < -0.39 is 0 Å². The lowest BCUT2D eigenvalue weighted by Crippen LogP contribution is -2.15. The lowest BCUT2D eigenvalue weighted by molar-refractivity contribution is 0.101. The quantitative estimate of drug-likeness (QED) is 0.455. The summed E-state index contributed by atoms with van der Waals surface area (Å²) in [4.78, 5) is 29.3. The van der Waals surface area contributed by atoms with E-state index in [0.29, 0.717) is 22.6 Å². The van der Waals surface area contributed by atoms with Crippen LogP contribution in [0.1, 0.15) is 26.3 Å². The van der Waals surface area contributed by atoms with Crippen LogP contribution in [0, 0.1) is 6.92 Å². The van der Waals surface area contributed by atoms with Crippen LogP contribution in [-0.4, -0.2) is 16.8 Å². The number of aryl methyl sites for hydroxylation is 1. The molecule has 31 heavy (non-hydrogen) atoms. The van der Waals surface area contributed by atoms with Crippen LogP contribution < -0.4 is 10.6 Å². The number of pyridine rings is 1. The number of amides is 2. The molecular formula is C26H21N3O2. The summed E-state index contributed by atoms with van der Waals surface area (Å²) < 4.78 is 0. The van der Waals surface area contributed by atoms with Gasteiger partial charge in [0, 0.05) is 23.0 Å². The summed E-state index contributed by atoms with van der Waals surface area (Å²) in [5.41, 5.74) is 4.66. The van der Waals surface area contributed by atoms with Crippen molar-refractivity contribution in [3.8, 4) is 11.1 Å². The van der Waals surface area contributed by atoms with Gasteiger partial charge < -0.3 is 10.6 Å². The van der Waals surface area contributed by atoms with Crippen LogP contribution in [0.2, 0.25) is 0 Å². The highest BCUT2D eigenvalue weighted by Gasteiger charge is 2.11. The highest BCUT2D eigenvalue weighted by molar-refractivity contribution is 6.07. The number of carbonyl (C=O) groups is 2. The van der Waals surface area contributed by atoms with Gasteiger partial charge in [-0.25, -0.2) is 4.98 Å². The second-order valence-electron chi connectivity index (χ2n) is 7.15. The first-order valence-corrected chi connectivity index (χ1v) is 9.89. The molecule has 0 aliphatic heterocycles. The Labute approximate surface area is 180 Å². The molecular weight excluding hydrogens is 386 g/mol. The minimum absolute atomic E-state index is 0.238. The Bertz CT molecular complexity index is 1220. The molecule has 0 atom stereocenters. The van der Waals surface area contributed by atoms with Gasteiger partial charge >= 0.3 is 0 Å². The lowest BCUT2D eigenvalue weighted by Gasteiger charge is -2.09. The first kappa shape index (κ1) is 20.0. The van der Waals surface area contributed by atoms with Crippen LogP contribution in [0.3, 0.4) is 0 Å². The van der Waals surface area contributed by atoms with E-state index in [1.54, 1.807) is 48.7 Å². The van der Waals surface area contributed by atoms with Gasteiger partial charge in [0.25, 0.3) is 11.8 Å². The monoisotopic (exact) mass is 407 g/mol. The van der Waals surface area contributed by atoms with Gasteiger partial charge in [0.2, 0.25) is 0 Å². The molecule has 0 saturated carbocycles. The van der Waals surface area contributed by atoms with E-state index in [2.05, 4.69) is 15.6 Å². The van der Waals surface area contributed by atoms with Crippen molar-refractivity contribution < 1.29 is 9.59 Å². The van der Waals surface area contributed by atoms with Crippen molar-refractivity contribution in [1.82, 2.24) is 4.98 Å². The van der Waals surface area contributed by atoms with Crippen molar-refractivity contribution in [2.75, 3.05) is 10.6 Å². The molecule has 0 radical (unpaired) electrons. The number of nitrogens with zero attached hydrogens (tertiary/aromatic N) is 1. The van der Waals surface area contributed by atoms with Gasteiger partial charge in [-0.3, -0.25) is 9.59 Å². The van der Waals surface area contributed by atoms with Gasteiger partial charge in [-0.1, -0.05) is 48.5 Å². The van der Waals surface area contributed by atoms with Crippen molar-refractivity contribution in [3.05, 3.63) is 114 Å². The second kappa shape index (κ2) is 9.05. The molecule has 0 bridgehead atoms. The van der Waals surface area contributed by atoms with E-state index in [-0.39, 0.29) is 11.8 Å². The van der Waals surface area contributed by atoms with Crippen molar-refractivity contribution in [2.24, 2.45) is 0 Å². The Morgan fingerprint density at radius 2 is 1.39 bits per heavy atom. The van der Waals surface area contributed by atoms with E-state index in [4.69, 9.17) is 0 Å². The van der Waals surface area contributed by atoms with Crippen molar-refractivity contribution in [3.63, 3.8) is 0 Å². The number of benzene rings is 3. The number of aromatic nitrogens is 1. The third-order valence-electron chi connectivity index (χ3n) is 4.79. The molecule has 2 amide bonds. The minimum atomic E-state index is -0.290. The SMILES string of the molecule is Cc1ccnc(NC(=O)c2cccc(NC(=O)c3ccc(-c4ccccc4)cc3)c2)c1. The molecule has 0 aliphatic rings. The molecule has 5 heteroatoms. The molecule has 3 aromatic carbocycles. The maximum atomic E-state index is 12.6. The first-order chi connectivity index (χ1) is 15.1. The highest BCUT2D eigenvalue weighted by Crippen LogP contribution is 2.20. The molecule has 0 saturated heterocycles. The molecule has 2 N–H and O–H groups in total. The summed E-state index contributed by atoms with van der Waals surface area (Å²) >= 11 is 0. The van der Waals surface area contributed by atoms with E-state index >= 15 is 0 Å². The maximum absolute atomic E-state index is 12.6. The van der Waals surface area contributed by atoms with Gasteiger partial charge in [0.15, 0.2) is 0 Å². The Morgan fingerprint density at radius 3 is 2.13 bits per heavy atom. The fraction of sp³-hybridized carbons (Fsp3) is 0.0385. The van der Waals surface area contributed by atoms with Gasteiger partial charge in [0.1, 0.15) is 5.82 Å². The van der Waals surface area contributed by atoms with Crippen LogP contribution in [0.5, 0.6) is 0 Å². The van der Waals surface area contributed by atoms with Crippen molar-refractivity contribution in [2.45, 2.75) is 6.92 Å². The largest absolute Gasteiger partial charge is 0.322 e. The minimum Gasteiger partial charge on any atom is -0.322 e. The molecule has 1 heterocycles. The summed E-state index contributed by atoms with van der Waals surface area (Å²) in [6.45, 7) is 1.93. The fourth-order valence-corrected chi connectivity index (χ4v) is 3.18. The topological polar surface area (TPSA) is 71.1 Å². The molecule has 4 aromatic rings. The highest BCUT2D eigenvalue weighted by atomic mass is 16.2. The smallest absolute Gasteiger partial charge is 0.256 e. The van der Waals surface area contributed by atoms with Gasteiger partial charge in [-0.05, 0) is 66.1 Å². The van der Waals surface area contributed by atoms with E-state index in [1.807, 2.05) is 55.5 Å². The second-order valence-corrected chi connectivity index (χ2v) is 7.15. The zero-order valence-corrected chi connectivity index (χ0v) is 17.0. The average Bonchev–Trinajstić information content (AvgIpc) is 2.80. The summed E-state index contributed by atoms with van der Waals surface area (Å²) in [6, 6.07) is 27.9. The fourth-order valence-electron chi connectivity index (χ4n) is 3.18. The number of carbonyl (C=O) groups excluding carboxylic acids is 2. The molecule has 4 rings (SSSR count). The molecule has 0 fully saturated rings. The molecule has 1 aromatic heterocycles. The van der Waals surface area contributed by atoms with E-state index in [1.165, 1.54) is 0 Å². The predicted octanol–water partition coefficient (Wildman–Crippen LogP) is 5.56. The normalized spacial score (nSPS) is 10.4. The maximum Gasteiger partial charge on any atom is 0.256 e. The zero-order valence-electron chi connectivity index (χ0n) is 17.0. The van der Waals surface area contributed by atoms with Gasteiger partial charge in [0.05, 0.1) is 0 Å². The Kier molecular flexibility index (Phi) is 5.85. The van der Waals surface area contributed by atoms with Crippen LogP contribution in [0.15, 0.2) is 97.2 Å². The first-order valence-electron chi connectivity index (χ1n) is 9.89. The number of hydrogen-bond acceptors (Lipinski definition) is 3. The average molecular weight is 407 g/mol. The van der Waals surface area contributed by atoms with E-state index in [9.17, 15) is 9.59 Å². The predicted molar refractivity (Wildman–Crippen MR) is 123 cm³/mol. The number of hydrogen-bond donors (Lipinski definition) is 2.